The monoisotopic (exact) mass is 331 g/mol. The quantitative estimate of drug-likeness (QED) is 0.867. The molecule has 96 valence electrons. The van der Waals surface area contributed by atoms with Crippen molar-refractivity contribution in [1.29, 1.82) is 0 Å². The van der Waals surface area contributed by atoms with Gasteiger partial charge in [0.1, 0.15) is 0 Å². The molecule has 2 aromatic rings. The summed E-state index contributed by atoms with van der Waals surface area (Å²) in [5.41, 5.74) is -0.222. The van der Waals surface area contributed by atoms with E-state index >= 15 is 0 Å². The average molecular weight is 333 g/mol. The highest BCUT2D eigenvalue weighted by Crippen LogP contribution is 2.25. The first kappa shape index (κ1) is 13.4. The summed E-state index contributed by atoms with van der Waals surface area (Å²) in [6.07, 6.45) is 1.75. The lowest BCUT2D eigenvalue weighted by atomic mass is 10.2. The van der Waals surface area contributed by atoms with Crippen molar-refractivity contribution in [2.24, 2.45) is 0 Å². The number of rotatable bonds is 3. The second kappa shape index (κ2) is 5.28. The Kier molecular flexibility index (Phi) is 3.92. The number of nitrogens with zero attached hydrogens (tertiary/aromatic N) is 1. The number of halogens is 2. The summed E-state index contributed by atoms with van der Waals surface area (Å²) < 4.78 is 6.79. The lowest BCUT2D eigenvalue weighted by Crippen LogP contribution is -2.25. The maximum Gasteiger partial charge on any atom is 0.422 e. The molecule has 0 aliphatic rings. The highest BCUT2D eigenvalue weighted by molar-refractivity contribution is 9.10. The predicted molar refractivity (Wildman–Crippen MR) is 74.4 cm³/mol. The summed E-state index contributed by atoms with van der Waals surface area (Å²) in [5.74, 6) is -0.662. The molecule has 1 aromatic carbocycles. The number of benzene rings is 1. The van der Waals surface area contributed by atoms with Gasteiger partial charge in [0.15, 0.2) is 0 Å². The molecule has 0 saturated heterocycles. The SMILES string of the molecule is CCCCn1c(=O)oc(=O)c2cc(Br)cc(Cl)c21. The van der Waals surface area contributed by atoms with E-state index in [-0.39, 0.29) is 0 Å². The number of fused-ring (bicyclic) bond motifs is 1. The molecular formula is C12H11BrClNO3. The van der Waals surface area contributed by atoms with E-state index in [0.29, 0.717) is 26.9 Å². The van der Waals surface area contributed by atoms with Crippen LogP contribution in [0.5, 0.6) is 0 Å². The highest BCUT2D eigenvalue weighted by atomic mass is 79.9. The van der Waals surface area contributed by atoms with Crippen LogP contribution in [0.2, 0.25) is 5.02 Å². The molecule has 1 aromatic heterocycles. The van der Waals surface area contributed by atoms with E-state index in [1.54, 1.807) is 12.1 Å². The van der Waals surface area contributed by atoms with Gasteiger partial charge in [-0.25, -0.2) is 9.59 Å². The van der Waals surface area contributed by atoms with E-state index in [4.69, 9.17) is 16.0 Å². The Morgan fingerprint density at radius 1 is 1.39 bits per heavy atom. The summed E-state index contributed by atoms with van der Waals surface area (Å²) in [6, 6.07) is 3.26. The van der Waals surface area contributed by atoms with Crippen molar-refractivity contribution in [1.82, 2.24) is 4.57 Å². The molecule has 4 nitrogen and oxygen atoms in total. The third kappa shape index (κ3) is 2.37. The van der Waals surface area contributed by atoms with Crippen LogP contribution in [0.4, 0.5) is 0 Å². The Morgan fingerprint density at radius 2 is 2.11 bits per heavy atom. The lowest BCUT2D eigenvalue weighted by Gasteiger charge is -2.09. The fourth-order valence-electron chi connectivity index (χ4n) is 1.80. The summed E-state index contributed by atoms with van der Waals surface area (Å²) in [5, 5.41) is 0.672. The molecule has 0 atom stereocenters. The maximum absolute atomic E-state index is 11.7. The number of hydrogen-bond acceptors (Lipinski definition) is 3. The second-order valence-corrected chi connectivity index (χ2v) is 5.27. The second-order valence-electron chi connectivity index (χ2n) is 3.94. The summed E-state index contributed by atoms with van der Waals surface area (Å²) in [7, 11) is 0. The Labute approximate surface area is 116 Å². The van der Waals surface area contributed by atoms with Gasteiger partial charge in [-0.3, -0.25) is 4.57 Å². The van der Waals surface area contributed by atoms with E-state index in [0.717, 1.165) is 12.8 Å². The van der Waals surface area contributed by atoms with Crippen LogP contribution < -0.4 is 11.4 Å². The maximum atomic E-state index is 11.7. The zero-order valence-corrected chi connectivity index (χ0v) is 12.0. The van der Waals surface area contributed by atoms with Crippen molar-refractivity contribution in [3.63, 3.8) is 0 Å². The van der Waals surface area contributed by atoms with Gasteiger partial charge in [-0.15, -0.1) is 0 Å². The summed E-state index contributed by atoms with van der Waals surface area (Å²) in [6.45, 7) is 2.50. The van der Waals surface area contributed by atoms with E-state index < -0.39 is 11.4 Å². The first-order valence-electron chi connectivity index (χ1n) is 5.57. The van der Waals surface area contributed by atoms with Gasteiger partial charge in [-0.05, 0) is 18.6 Å². The topological polar surface area (TPSA) is 52.2 Å². The summed E-state index contributed by atoms with van der Waals surface area (Å²) >= 11 is 9.38. The number of aromatic nitrogens is 1. The molecule has 0 aliphatic carbocycles. The van der Waals surface area contributed by atoms with Gasteiger partial charge in [0.2, 0.25) is 0 Å². The van der Waals surface area contributed by atoms with Crippen molar-refractivity contribution < 1.29 is 4.42 Å². The molecular weight excluding hydrogens is 321 g/mol. The van der Waals surface area contributed by atoms with Crippen LogP contribution in [-0.4, -0.2) is 4.57 Å². The lowest BCUT2D eigenvalue weighted by molar-refractivity contribution is 0.412. The molecule has 0 fully saturated rings. The minimum atomic E-state index is -0.662. The molecule has 0 aliphatic heterocycles. The normalized spacial score (nSPS) is 11.1. The van der Waals surface area contributed by atoms with Gasteiger partial charge in [-0.2, -0.15) is 0 Å². The fraction of sp³-hybridized carbons (Fsp3) is 0.333. The van der Waals surface area contributed by atoms with Crippen molar-refractivity contribution in [2.45, 2.75) is 26.3 Å². The van der Waals surface area contributed by atoms with Crippen LogP contribution in [0.15, 0.2) is 30.6 Å². The first-order chi connectivity index (χ1) is 8.54. The largest absolute Gasteiger partial charge is 0.422 e. The van der Waals surface area contributed by atoms with Crippen LogP contribution >= 0.6 is 27.5 Å². The minimum Gasteiger partial charge on any atom is -0.372 e. The van der Waals surface area contributed by atoms with Crippen LogP contribution in [0, 0.1) is 0 Å². The zero-order chi connectivity index (χ0) is 13.3. The smallest absolute Gasteiger partial charge is 0.372 e. The third-order valence-corrected chi connectivity index (χ3v) is 3.40. The summed E-state index contributed by atoms with van der Waals surface area (Å²) in [4.78, 5) is 23.4. The third-order valence-electron chi connectivity index (χ3n) is 2.65. The molecule has 0 bridgehead atoms. The molecule has 6 heteroatoms. The van der Waals surface area contributed by atoms with Crippen LogP contribution in [-0.2, 0) is 6.54 Å². The molecule has 18 heavy (non-hydrogen) atoms. The average Bonchev–Trinajstić information content (AvgIpc) is 2.29. The van der Waals surface area contributed by atoms with Crippen molar-refractivity contribution >= 4 is 38.4 Å². The Morgan fingerprint density at radius 3 is 2.78 bits per heavy atom. The van der Waals surface area contributed by atoms with E-state index in [2.05, 4.69) is 15.9 Å². The van der Waals surface area contributed by atoms with E-state index in [1.807, 2.05) is 6.92 Å². The van der Waals surface area contributed by atoms with Gasteiger partial charge >= 0.3 is 11.4 Å². The van der Waals surface area contributed by atoms with Gasteiger partial charge in [0, 0.05) is 11.0 Å². The Balaban J connectivity index is 2.85. The first-order valence-corrected chi connectivity index (χ1v) is 6.74. The molecule has 0 amide bonds. The molecule has 0 radical (unpaired) electrons. The zero-order valence-electron chi connectivity index (χ0n) is 9.70. The molecule has 0 N–H and O–H groups in total. The molecule has 0 saturated carbocycles. The van der Waals surface area contributed by atoms with Crippen LogP contribution in [0.1, 0.15) is 19.8 Å². The molecule has 2 rings (SSSR count). The Bertz CT molecular complexity index is 705. The number of aryl methyl sites for hydroxylation is 1. The number of unbranched alkanes of at least 4 members (excludes halogenated alkanes) is 1. The minimum absolute atomic E-state index is 0.310. The van der Waals surface area contributed by atoms with Crippen molar-refractivity contribution in [3.05, 3.63) is 42.6 Å². The van der Waals surface area contributed by atoms with Gasteiger partial charge in [0.05, 0.1) is 15.9 Å². The van der Waals surface area contributed by atoms with E-state index in [9.17, 15) is 9.59 Å². The molecule has 0 spiro atoms. The molecule has 1 heterocycles. The van der Waals surface area contributed by atoms with Gasteiger partial charge < -0.3 is 4.42 Å². The standard InChI is InChI=1S/C12H11BrClNO3/c1-2-3-4-15-10-8(11(16)18-12(15)17)5-7(13)6-9(10)14/h5-6H,2-4H2,1H3. The highest BCUT2D eigenvalue weighted by Gasteiger charge is 2.13. The Hall–Kier alpha value is -1.07. The van der Waals surface area contributed by atoms with Crippen LogP contribution in [0.25, 0.3) is 10.9 Å². The van der Waals surface area contributed by atoms with Crippen LogP contribution in [0.3, 0.4) is 0 Å². The molecule has 0 unspecified atom stereocenters. The predicted octanol–water partition coefficient (Wildman–Crippen LogP) is 3.17. The van der Waals surface area contributed by atoms with Crippen molar-refractivity contribution in [3.8, 4) is 0 Å². The fourth-order valence-corrected chi connectivity index (χ4v) is 2.71. The van der Waals surface area contributed by atoms with E-state index in [1.165, 1.54) is 4.57 Å². The van der Waals surface area contributed by atoms with Gasteiger partial charge in [-0.1, -0.05) is 40.9 Å². The number of hydrogen-bond donors (Lipinski definition) is 0. The van der Waals surface area contributed by atoms with Gasteiger partial charge in [0.25, 0.3) is 0 Å². The van der Waals surface area contributed by atoms with Crippen molar-refractivity contribution in [2.75, 3.05) is 0 Å².